The topological polar surface area (TPSA) is 69.6 Å². The van der Waals surface area contributed by atoms with E-state index in [4.69, 9.17) is 5.73 Å². The summed E-state index contributed by atoms with van der Waals surface area (Å²) in [7, 11) is 0. The molecule has 0 aromatic carbocycles. The molecular weight excluding hydrogens is 222 g/mol. The molecule has 1 aliphatic rings. The molecule has 0 spiro atoms. The van der Waals surface area contributed by atoms with Crippen LogP contribution in [0.1, 0.15) is 36.9 Å². The zero-order chi connectivity index (χ0) is 11.1. The molecule has 1 aliphatic carbocycles. The molecule has 6 heteroatoms. The van der Waals surface area contributed by atoms with Crippen LogP contribution in [0.5, 0.6) is 0 Å². The van der Waals surface area contributed by atoms with Gasteiger partial charge in [0.1, 0.15) is 17.0 Å². The third-order valence-corrected chi connectivity index (χ3v) is 3.70. The molecule has 2 aromatic rings. The third kappa shape index (κ3) is 1.64. The van der Waals surface area contributed by atoms with Crippen molar-refractivity contribution in [1.29, 1.82) is 0 Å². The van der Waals surface area contributed by atoms with E-state index in [0.29, 0.717) is 6.04 Å². The van der Waals surface area contributed by atoms with Crippen LogP contribution in [-0.2, 0) is 0 Å². The van der Waals surface area contributed by atoms with Crippen LogP contribution in [0.15, 0.2) is 11.7 Å². The fourth-order valence-corrected chi connectivity index (χ4v) is 2.40. The molecule has 2 N–H and O–H groups in total. The van der Waals surface area contributed by atoms with Gasteiger partial charge in [0.25, 0.3) is 0 Å². The minimum absolute atomic E-state index is 0.0175. The van der Waals surface area contributed by atoms with Crippen molar-refractivity contribution in [2.75, 3.05) is 0 Å². The Kier molecular flexibility index (Phi) is 2.26. The van der Waals surface area contributed by atoms with Crippen molar-refractivity contribution in [2.24, 2.45) is 5.73 Å². The second kappa shape index (κ2) is 3.64. The van der Waals surface area contributed by atoms with Gasteiger partial charge in [-0.2, -0.15) is 0 Å². The number of nitrogens with two attached hydrogens (primary N) is 1. The van der Waals surface area contributed by atoms with Crippen LogP contribution in [0.2, 0.25) is 0 Å². The summed E-state index contributed by atoms with van der Waals surface area (Å²) in [5, 5.41) is 11.0. The minimum Gasteiger partial charge on any atom is -0.322 e. The normalized spacial score (nSPS) is 17.6. The van der Waals surface area contributed by atoms with Gasteiger partial charge in [0, 0.05) is 11.4 Å². The molecular formula is C10H13N5S. The number of thiazole rings is 1. The van der Waals surface area contributed by atoms with Gasteiger partial charge in [0.05, 0.1) is 6.04 Å². The molecule has 5 nitrogen and oxygen atoms in total. The summed E-state index contributed by atoms with van der Waals surface area (Å²) in [6, 6.07) is 0.557. The molecule has 1 saturated carbocycles. The van der Waals surface area contributed by atoms with E-state index in [0.717, 1.165) is 16.5 Å². The van der Waals surface area contributed by atoms with E-state index < -0.39 is 0 Å². The lowest BCUT2D eigenvalue weighted by Gasteiger charge is -2.01. The van der Waals surface area contributed by atoms with Crippen LogP contribution < -0.4 is 5.73 Å². The van der Waals surface area contributed by atoms with Crippen LogP contribution in [-0.4, -0.2) is 19.7 Å². The number of rotatable bonds is 3. The molecule has 0 aliphatic heterocycles. The Hall–Kier alpha value is -1.27. The molecule has 2 aromatic heterocycles. The fraction of sp³-hybridized carbons (Fsp3) is 0.500. The Morgan fingerprint density at radius 3 is 3.00 bits per heavy atom. The maximum Gasteiger partial charge on any atom is 0.183 e. The summed E-state index contributed by atoms with van der Waals surface area (Å²) >= 11 is 1.58. The SMILES string of the molecule is CC(N)c1nc(-c2nncn2C2CC2)cs1. The first kappa shape index (κ1) is 9.92. The lowest BCUT2D eigenvalue weighted by Crippen LogP contribution is -2.04. The Morgan fingerprint density at radius 2 is 2.38 bits per heavy atom. The number of hydrogen-bond acceptors (Lipinski definition) is 5. The fourth-order valence-electron chi connectivity index (χ4n) is 1.65. The first-order chi connectivity index (χ1) is 7.75. The highest BCUT2D eigenvalue weighted by Crippen LogP contribution is 2.37. The molecule has 84 valence electrons. The first-order valence-corrected chi connectivity index (χ1v) is 6.24. The molecule has 3 rings (SSSR count). The van der Waals surface area contributed by atoms with E-state index in [2.05, 4.69) is 19.7 Å². The molecule has 1 atom stereocenters. The van der Waals surface area contributed by atoms with Crippen LogP contribution in [0, 0.1) is 0 Å². The highest BCUT2D eigenvalue weighted by molar-refractivity contribution is 7.10. The number of aromatic nitrogens is 4. The average Bonchev–Trinajstić information content (AvgIpc) is 2.83. The van der Waals surface area contributed by atoms with Crippen LogP contribution >= 0.6 is 11.3 Å². The summed E-state index contributed by atoms with van der Waals surface area (Å²) in [5.74, 6) is 0.866. The second-order valence-electron chi connectivity index (χ2n) is 4.15. The lowest BCUT2D eigenvalue weighted by molar-refractivity contribution is 0.742. The lowest BCUT2D eigenvalue weighted by atomic mass is 10.4. The van der Waals surface area contributed by atoms with Crippen molar-refractivity contribution >= 4 is 11.3 Å². The van der Waals surface area contributed by atoms with Crippen LogP contribution in [0.25, 0.3) is 11.5 Å². The standard InChI is InChI=1S/C10H13N5S/c1-6(11)10-13-8(4-16-10)9-14-12-5-15(9)7-2-3-7/h4-7H,2-3,11H2,1H3. The highest BCUT2D eigenvalue weighted by Gasteiger charge is 2.27. The van der Waals surface area contributed by atoms with Gasteiger partial charge in [-0.3, -0.25) is 0 Å². The highest BCUT2D eigenvalue weighted by atomic mass is 32.1. The van der Waals surface area contributed by atoms with Crippen LogP contribution in [0.4, 0.5) is 0 Å². The molecule has 0 amide bonds. The molecule has 0 saturated heterocycles. The van der Waals surface area contributed by atoms with Crippen molar-refractivity contribution < 1.29 is 0 Å². The van der Waals surface area contributed by atoms with E-state index in [1.54, 1.807) is 17.7 Å². The number of nitrogens with zero attached hydrogens (tertiary/aromatic N) is 4. The largest absolute Gasteiger partial charge is 0.322 e. The first-order valence-electron chi connectivity index (χ1n) is 5.36. The monoisotopic (exact) mass is 235 g/mol. The summed E-state index contributed by atoms with van der Waals surface area (Å²) in [6.45, 7) is 1.94. The smallest absolute Gasteiger partial charge is 0.183 e. The summed E-state index contributed by atoms with van der Waals surface area (Å²) < 4.78 is 2.11. The van der Waals surface area contributed by atoms with Crippen LogP contribution in [0.3, 0.4) is 0 Å². The maximum absolute atomic E-state index is 5.80. The van der Waals surface area contributed by atoms with Gasteiger partial charge in [-0.25, -0.2) is 4.98 Å². The minimum atomic E-state index is -0.0175. The number of hydrogen-bond donors (Lipinski definition) is 1. The van der Waals surface area contributed by atoms with Gasteiger partial charge in [-0.15, -0.1) is 21.5 Å². The summed E-state index contributed by atoms with van der Waals surface area (Å²) in [4.78, 5) is 4.49. The molecule has 1 unspecified atom stereocenters. The third-order valence-electron chi connectivity index (χ3n) is 2.65. The van der Waals surface area contributed by atoms with E-state index in [9.17, 15) is 0 Å². The van der Waals surface area contributed by atoms with Crippen molar-refractivity contribution in [3.63, 3.8) is 0 Å². The quantitative estimate of drug-likeness (QED) is 0.880. The molecule has 16 heavy (non-hydrogen) atoms. The van der Waals surface area contributed by atoms with Gasteiger partial charge >= 0.3 is 0 Å². The molecule has 1 fully saturated rings. The Labute approximate surface area is 97.3 Å². The van der Waals surface area contributed by atoms with Crippen molar-refractivity contribution in [3.8, 4) is 11.5 Å². The predicted octanol–water partition coefficient (Wildman–Crippen LogP) is 1.76. The Morgan fingerprint density at radius 1 is 1.56 bits per heavy atom. The van der Waals surface area contributed by atoms with Crippen molar-refractivity contribution in [2.45, 2.75) is 31.8 Å². The average molecular weight is 235 g/mol. The maximum atomic E-state index is 5.80. The Bertz CT molecular complexity index is 497. The Balaban J connectivity index is 1.97. The second-order valence-corrected chi connectivity index (χ2v) is 5.04. The zero-order valence-corrected chi connectivity index (χ0v) is 9.81. The van der Waals surface area contributed by atoms with Gasteiger partial charge in [-0.05, 0) is 19.8 Å². The molecule has 0 bridgehead atoms. The molecule has 0 radical (unpaired) electrons. The van der Waals surface area contributed by atoms with E-state index in [-0.39, 0.29) is 6.04 Å². The van der Waals surface area contributed by atoms with Crippen molar-refractivity contribution in [1.82, 2.24) is 19.7 Å². The summed E-state index contributed by atoms with van der Waals surface area (Å²) in [5.41, 5.74) is 6.69. The van der Waals surface area contributed by atoms with Gasteiger partial charge in [-0.1, -0.05) is 0 Å². The van der Waals surface area contributed by atoms with E-state index in [1.807, 2.05) is 12.3 Å². The van der Waals surface area contributed by atoms with E-state index in [1.165, 1.54) is 12.8 Å². The predicted molar refractivity (Wildman–Crippen MR) is 62.0 cm³/mol. The zero-order valence-electron chi connectivity index (χ0n) is 9.00. The van der Waals surface area contributed by atoms with Gasteiger partial charge in [0.2, 0.25) is 0 Å². The van der Waals surface area contributed by atoms with Crippen molar-refractivity contribution in [3.05, 3.63) is 16.7 Å². The van der Waals surface area contributed by atoms with Gasteiger partial charge < -0.3 is 10.3 Å². The summed E-state index contributed by atoms with van der Waals surface area (Å²) in [6.07, 6.45) is 4.22. The van der Waals surface area contributed by atoms with Gasteiger partial charge in [0.15, 0.2) is 5.82 Å². The van der Waals surface area contributed by atoms with E-state index >= 15 is 0 Å². The molecule has 2 heterocycles.